The van der Waals surface area contributed by atoms with Gasteiger partial charge in [-0.2, -0.15) is 0 Å². The quantitative estimate of drug-likeness (QED) is 0.576. The van der Waals surface area contributed by atoms with Crippen molar-refractivity contribution in [3.63, 3.8) is 0 Å². The molecule has 0 unspecified atom stereocenters. The van der Waals surface area contributed by atoms with Crippen molar-refractivity contribution >= 4 is 16.8 Å². The highest BCUT2D eigenvalue weighted by Gasteiger charge is 2.13. The number of ether oxygens (including phenoxy) is 1. The summed E-state index contributed by atoms with van der Waals surface area (Å²) in [5.74, 6) is 0.568. The Morgan fingerprint density at radius 2 is 2.11 bits per heavy atom. The standard InChI is InChI=1S/C15H18O3/c1-11(2)7-8-17-10-14(16)13-9-18-15-6-4-3-5-12(13)15/h3-6,9,11H,7-8,10H2,1-2H3. The summed E-state index contributed by atoms with van der Waals surface area (Å²) in [5, 5.41) is 0.856. The zero-order chi connectivity index (χ0) is 13.0. The van der Waals surface area contributed by atoms with Crippen LogP contribution in [0.1, 0.15) is 30.6 Å². The number of fused-ring (bicyclic) bond motifs is 1. The second-order valence-corrected chi connectivity index (χ2v) is 4.80. The summed E-state index contributed by atoms with van der Waals surface area (Å²) in [6, 6.07) is 7.53. The van der Waals surface area contributed by atoms with Crippen LogP contribution in [-0.2, 0) is 4.74 Å². The summed E-state index contributed by atoms with van der Waals surface area (Å²) in [6.07, 6.45) is 2.48. The molecule has 1 aromatic carbocycles. The van der Waals surface area contributed by atoms with Gasteiger partial charge in [-0.05, 0) is 18.4 Å². The van der Waals surface area contributed by atoms with E-state index in [1.54, 1.807) is 0 Å². The number of benzene rings is 1. The average Bonchev–Trinajstić information content (AvgIpc) is 2.78. The highest BCUT2D eigenvalue weighted by Crippen LogP contribution is 2.21. The lowest BCUT2D eigenvalue weighted by Gasteiger charge is -2.05. The molecule has 0 spiro atoms. The SMILES string of the molecule is CC(C)CCOCC(=O)c1coc2ccccc12. The highest BCUT2D eigenvalue weighted by molar-refractivity contribution is 6.07. The number of carbonyl (C=O) groups is 1. The van der Waals surface area contributed by atoms with Crippen LogP contribution in [0.25, 0.3) is 11.0 Å². The van der Waals surface area contributed by atoms with Crippen molar-refractivity contribution in [1.82, 2.24) is 0 Å². The fourth-order valence-electron chi connectivity index (χ4n) is 1.76. The number of hydrogen-bond acceptors (Lipinski definition) is 3. The van der Waals surface area contributed by atoms with E-state index in [2.05, 4.69) is 13.8 Å². The lowest BCUT2D eigenvalue weighted by atomic mass is 10.1. The van der Waals surface area contributed by atoms with E-state index in [1.807, 2.05) is 24.3 Å². The largest absolute Gasteiger partial charge is 0.464 e. The van der Waals surface area contributed by atoms with Gasteiger partial charge in [0, 0.05) is 12.0 Å². The number of carbonyl (C=O) groups excluding carboxylic acids is 1. The molecule has 18 heavy (non-hydrogen) atoms. The summed E-state index contributed by atoms with van der Waals surface area (Å²) in [7, 11) is 0. The topological polar surface area (TPSA) is 39.4 Å². The van der Waals surface area contributed by atoms with Gasteiger partial charge >= 0.3 is 0 Å². The van der Waals surface area contributed by atoms with Crippen molar-refractivity contribution in [3.05, 3.63) is 36.1 Å². The molecule has 0 aliphatic heterocycles. The van der Waals surface area contributed by atoms with Gasteiger partial charge in [-0.25, -0.2) is 0 Å². The summed E-state index contributed by atoms with van der Waals surface area (Å²) >= 11 is 0. The minimum absolute atomic E-state index is 0.0243. The van der Waals surface area contributed by atoms with Crippen LogP contribution >= 0.6 is 0 Å². The van der Waals surface area contributed by atoms with Crippen LogP contribution in [0.15, 0.2) is 34.9 Å². The maximum atomic E-state index is 12.0. The van der Waals surface area contributed by atoms with Crippen LogP contribution in [0.3, 0.4) is 0 Å². The Balaban J connectivity index is 1.97. The predicted octanol–water partition coefficient (Wildman–Crippen LogP) is 3.68. The van der Waals surface area contributed by atoms with Gasteiger partial charge in [0.15, 0.2) is 5.78 Å². The van der Waals surface area contributed by atoms with Crippen LogP contribution in [-0.4, -0.2) is 19.0 Å². The first-order valence-corrected chi connectivity index (χ1v) is 6.25. The molecule has 0 aliphatic carbocycles. The Morgan fingerprint density at radius 1 is 1.33 bits per heavy atom. The van der Waals surface area contributed by atoms with Crippen molar-refractivity contribution in [3.8, 4) is 0 Å². The van der Waals surface area contributed by atoms with Crippen molar-refractivity contribution in [2.24, 2.45) is 5.92 Å². The average molecular weight is 246 g/mol. The monoisotopic (exact) mass is 246 g/mol. The molecule has 0 radical (unpaired) electrons. The van der Waals surface area contributed by atoms with Gasteiger partial charge in [-0.3, -0.25) is 4.79 Å². The zero-order valence-electron chi connectivity index (χ0n) is 10.8. The summed E-state index contributed by atoms with van der Waals surface area (Å²) in [5.41, 5.74) is 1.35. The van der Waals surface area contributed by atoms with E-state index in [-0.39, 0.29) is 12.4 Å². The third kappa shape index (κ3) is 2.99. The second kappa shape index (κ2) is 5.83. The van der Waals surface area contributed by atoms with Crippen LogP contribution in [0.5, 0.6) is 0 Å². The zero-order valence-corrected chi connectivity index (χ0v) is 10.8. The lowest BCUT2D eigenvalue weighted by molar-refractivity contribution is 0.0740. The molecule has 0 fully saturated rings. The van der Waals surface area contributed by atoms with Gasteiger partial charge in [0.1, 0.15) is 18.5 Å². The molecule has 0 atom stereocenters. The van der Waals surface area contributed by atoms with Crippen molar-refractivity contribution in [1.29, 1.82) is 0 Å². The van der Waals surface area contributed by atoms with Crippen LogP contribution in [0.4, 0.5) is 0 Å². The third-order valence-electron chi connectivity index (χ3n) is 2.85. The fourth-order valence-corrected chi connectivity index (χ4v) is 1.76. The first kappa shape index (κ1) is 12.8. The Bertz CT molecular complexity index is 525. The number of ketones is 1. The van der Waals surface area contributed by atoms with Gasteiger partial charge in [-0.15, -0.1) is 0 Å². The molecule has 0 amide bonds. The van der Waals surface area contributed by atoms with E-state index < -0.39 is 0 Å². The molecule has 2 rings (SSSR count). The molecule has 0 bridgehead atoms. The Labute approximate surface area is 107 Å². The molecule has 3 nitrogen and oxygen atoms in total. The number of furan rings is 1. The molecule has 96 valence electrons. The van der Waals surface area contributed by atoms with E-state index in [0.717, 1.165) is 17.4 Å². The molecule has 0 saturated carbocycles. The molecule has 3 heteroatoms. The van der Waals surface area contributed by atoms with E-state index in [1.165, 1.54) is 6.26 Å². The summed E-state index contributed by atoms with van der Waals surface area (Å²) in [4.78, 5) is 12.0. The molecule has 1 aromatic heterocycles. The fraction of sp³-hybridized carbons (Fsp3) is 0.400. The minimum Gasteiger partial charge on any atom is -0.464 e. The minimum atomic E-state index is -0.0243. The number of hydrogen-bond donors (Lipinski definition) is 0. The first-order chi connectivity index (χ1) is 8.68. The smallest absolute Gasteiger partial charge is 0.192 e. The molecule has 0 aliphatic rings. The van der Waals surface area contributed by atoms with Crippen molar-refractivity contribution in [2.45, 2.75) is 20.3 Å². The highest BCUT2D eigenvalue weighted by atomic mass is 16.5. The molecule has 0 N–H and O–H groups in total. The maximum absolute atomic E-state index is 12.0. The summed E-state index contributed by atoms with van der Waals surface area (Å²) in [6.45, 7) is 5.01. The van der Waals surface area contributed by atoms with E-state index >= 15 is 0 Å². The van der Waals surface area contributed by atoms with E-state index in [0.29, 0.717) is 18.1 Å². The molecular weight excluding hydrogens is 228 g/mol. The van der Waals surface area contributed by atoms with Crippen LogP contribution < -0.4 is 0 Å². The molecular formula is C15H18O3. The normalized spacial score (nSPS) is 11.3. The molecule has 1 heterocycles. The van der Waals surface area contributed by atoms with E-state index in [4.69, 9.17) is 9.15 Å². The second-order valence-electron chi connectivity index (χ2n) is 4.80. The van der Waals surface area contributed by atoms with Crippen molar-refractivity contribution in [2.75, 3.05) is 13.2 Å². The first-order valence-electron chi connectivity index (χ1n) is 6.25. The Morgan fingerprint density at radius 3 is 2.89 bits per heavy atom. The van der Waals surface area contributed by atoms with Crippen molar-refractivity contribution < 1.29 is 13.9 Å². The van der Waals surface area contributed by atoms with Gasteiger partial charge < -0.3 is 9.15 Å². The molecule has 2 aromatic rings. The number of para-hydroxylation sites is 1. The maximum Gasteiger partial charge on any atom is 0.192 e. The van der Waals surface area contributed by atoms with E-state index in [9.17, 15) is 4.79 Å². The van der Waals surface area contributed by atoms with Crippen LogP contribution in [0.2, 0.25) is 0 Å². The number of rotatable bonds is 6. The number of Topliss-reactive ketones (excluding diaryl/α,β-unsaturated/α-hetero) is 1. The van der Waals surface area contributed by atoms with Crippen LogP contribution in [0, 0.1) is 5.92 Å². The third-order valence-corrected chi connectivity index (χ3v) is 2.85. The Hall–Kier alpha value is -1.61. The molecule has 0 saturated heterocycles. The van der Waals surface area contributed by atoms with Gasteiger partial charge in [0.25, 0.3) is 0 Å². The Kier molecular flexibility index (Phi) is 4.15. The predicted molar refractivity (Wildman–Crippen MR) is 70.8 cm³/mol. The summed E-state index contributed by atoms with van der Waals surface area (Å²) < 4.78 is 10.7. The van der Waals surface area contributed by atoms with Gasteiger partial charge in [0.05, 0.1) is 5.56 Å². The lowest BCUT2D eigenvalue weighted by Crippen LogP contribution is -2.10. The van der Waals surface area contributed by atoms with Gasteiger partial charge in [0.2, 0.25) is 0 Å². The van der Waals surface area contributed by atoms with Gasteiger partial charge in [-0.1, -0.05) is 32.0 Å².